The summed E-state index contributed by atoms with van der Waals surface area (Å²) in [7, 11) is 0. The number of carbonyl (C=O) groups excluding carboxylic acids is 3. The van der Waals surface area contributed by atoms with Crippen LogP contribution in [-0.2, 0) is 16.0 Å². The summed E-state index contributed by atoms with van der Waals surface area (Å²) in [6.45, 7) is 0. The van der Waals surface area contributed by atoms with Gasteiger partial charge in [-0.1, -0.05) is 36.4 Å². The maximum absolute atomic E-state index is 12.7. The van der Waals surface area contributed by atoms with E-state index in [-0.39, 0.29) is 18.4 Å². The van der Waals surface area contributed by atoms with Crippen LogP contribution in [0.15, 0.2) is 54.6 Å². The van der Waals surface area contributed by atoms with Crippen molar-refractivity contribution in [2.45, 2.75) is 37.8 Å². The highest BCUT2D eigenvalue weighted by molar-refractivity contribution is 6.22. The highest BCUT2D eigenvalue weighted by atomic mass is 16.2. The molecule has 4 amide bonds. The Hall–Kier alpha value is -3.61. The summed E-state index contributed by atoms with van der Waals surface area (Å²) in [6.07, 6.45) is 2.72. The second kappa shape index (κ2) is 7.33. The number of anilines is 1. The summed E-state index contributed by atoms with van der Waals surface area (Å²) in [5.74, 6) is -0.656. The Morgan fingerprint density at radius 3 is 2.67 bits per heavy atom. The number of hydrogen-bond donors (Lipinski definition) is 3. The zero-order chi connectivity index (χ0) is 20.7. The summed E-state index contributed by atoms with van der Waals surface area (Å²) in [5, 5.41) is 6.89. The summed E-state index contributed by atoms with van der Waals surface area (Å²) in [5.41, 5.74) is 3.87. The molecule has 0 saturated carbocycles. The maximum atomic E-state index is 12.7. The van der Waals surface area contributed by atoms with E-state index in [9.17, 15) is 14.4 Å². The van der Waals surface area contributed by atoms with Crippen LogP contribution in [0.1, 0.15) is 36.6 Å². The minimum atomic E-state index is -0.858. The van der Waals surface area contributed by atoms with E-state index in [0.29, 0.717) is 5.69 Å². The third kappa shape index (κ3) is 3.12. The predicted molar refractivity (Wildman–Crippen MR) is 113 cm³/mol. The van der Waals surface area contributed by atoms with E-state index in [4.69, 9.17) is 0 Å². The lowest BCUT2D eigenvalue weighted by molar-refractivity contribution is -0.126. The predicted octanol–water partition coefficient (Wildman–Crippen LogP) is 3.18. The molecule has 2 aliphatic rings. The molecule has 7 heteroatoms. The third-order valence-corrected chi connectivity index (χ3v) is 5.87. The molecule has 7 nitrogen and oxygen atoms in total. The molecular weight excluding hydrogens is 380 g/mol. The lowest BCUT2D eigenvalue weighted by Gasteiger charge is -2.24. The normalized spacial score (nSPS) is 20.9. The van der Waals surface area contributed by atoms with Crippen LogP contribution in [0.2, 0.25) is 0 Å². The Bertz CT molecular complexity index is 1140. The smallest absolute Gasteiger partial charge is 0.329 e. The van der Waals surface area contributed by atoms with Crippen LogP contribution in [0.4, 0.5) is 10.5 Å². The number of aromatic amines is 1. The van der Waals surface area contributed by atoms with Crippen molar-refractivity contribution in [3.63, 3.8) is 0 Å². The molecule has 1 saturated heterocycles. The first-order valence-corrected chi connectivity index (χ1v) is 10.2. The number of nitrogens with zero attached hydrogens (tertiary/aromatic N) is 1. The van der Waals surface area contributed by atoms with Gasteiger partial charge in [0.25, 0.3) is 5.91 Å². The second-order valence-corrected chi connectivity index (χ2v) is 7.79. The van der Waals surface area contributed by atoms with Crippen LogP contribution in [0.3, 0.4) is 0 Å². The second-order valence-electron chi connectivity index (χ2n) is 7.79. The lowest BCUT2D eigenvalue weighted by atomic mass is 9.91. The van der Waals surface area contributed by atoms with Gasteiger partial charge in [0.1, 0.15) is 6.04 Å². The quantitative estimate of drug-likeness (QED) is 0.585. The number of rotatable bonds is 4. The Labute approximate surface area is 173 Å². The highest BCUT2D eigenvalue weighted by Crippen LogP contribution is 2.34. The Balaban J connectivity index is 1.30. The topological polar surface area (TPSA) is 94.3 Å². The lowest BCUT2D eigenvalue weighted by Crippen LogP contribution is -2.38. The average molecular weight is 402 g/mol. The van der Waals surface area contributed by atoms with Crippen molar-refractivity contribution >= 4 is 34.4 Å². The van der Waals surface area contributed by atoms with Crippen molar-refractivity contribution in [2.24, 2.45) is 0 Å². The van der Waals surface area contributed by atoms with Crippen LogP contribution < -0.4 is 15.5 Å². The molecule has 30 heavy (non-hydrogen) atoms. The zero-order valence-electron chi connectivity index (χ0n) is 16.4. The number of imide groups is 1. The van der Waals surface area contributed by atoms with Gasteiger partial charge in [-0.15, -0.1) is 0 Å². The van der Waals surface area contributed by atoms with Gasteiger partial charge in [0, 0.05) is 16.6 Å². The number of aryl methyl sites for hydroxylation is 1. The fourth-order valence-corrected chi connectivity index (χ4v) is 4.49. The fraction of sp³-hybridized carbons (Fsp3) is 0.261. The fourth-order valence-electron chi connectivity index (χ4n) is 4.49. The van der Waals surface area contributed by atoms with Gasteiger partial charge >= 0.3 is 6.03 Å². The maximum Gasteiger partial charge on any atom is 0.329 e. The molecule has 152 valence electrons. The number of carbonyl (C=O) groups is 3. The molecule has 0 unspecified atom stereocenters. The van der Waals surface area contributed by atoms with Gasteiger partial charge < -0.3 is 15.6 Å². The number of para-hydroxylation sites is 2. The summed E-state index contributed by atoms with van der Waals surface area (Å²) in [4.78, 5) is 42.3. The summed E-state index contributed by atoms with van der Waals surface area (Å²) >= 11 is 0. The van der Waals surface area contributed by atoms with Gasteiger partial charge in [0.2, 0.25) is 5.91 Å². The molecule has 0 spiro atoms. The van der Waals surface area contributed by atoms with Gasteiger partial charge in [-0.3, -0.25) is 9.59 Å². The molecule has 1 aliphatic heterocycles. The molecule has 3 N–H and O–H groups in total. The highest BCUT2D eigenvalue weighted by Gasteiger charge is 2.40. The number of nitrogens with one attached hydrogen (secondary N) is 3. The number of amides is 4. The Kier molecular flexibility index (Phi) is 4.50. The van der Waals surface area contributed by atoms with Gasteiger partial charge in [-0.05, 0) is 43.0 Å². The van der Waals surface area contributed by atoms with Crippen LogP contribution >= 0.6 is 0 Å². The van der Waals surface area contributed by atoms with Crippen LogP contribution in [0.25, 0.3) is 10.9 Å². The first-order valence-electron chi connectivity index (χ1n) is 10.2. The van der Waals surface area contributed by atoms with Gasteiger partial charge in [0.15, 0.2) is 0 Å². The van der Waals surface area contributed by atoms with E-state index < -0.39 is 18.0 Å². The van der Waals surface area contributed by atoms with E-state index in [1.165, 1.54) is 10.9 Å². The molecule has 2 atom stereocenters. The third-order valence-electron chi connectivity index (χ3n) is 5.87. The van der Waals surface area contributed by atoms with E-state index >= 15 is 0 Å². The van der Waals surface area contributed by atoms with Crippen molar-refractivity contribution in [3.05, 3.63) is 65.9 Å². The molecule has 0 bridgehead atoms. The molecule has 1 aromatic heterocycles. The minimum absolute atomic E-state index is 0.0834. The molecule has 1 aliphatic carbocycles. The molecule has 2 heterocycles. The van der Waals surface area contributed by atoms with Crippen LogP contribution in [0, 0.1) is 0 Å². The van der Waals surface area contributed by atoms with Crippen LogP contribution in [-0.4, -0.2) is 28.9 Å². The number of H-pyrrole nitrogens is 1. The summed E-state index contributed by atoms with van der Waals surface area (Å²) < 4.78 is 0. The number of fused-ring (bicyclic) bond motifs is 3. The number of benzene rings is 2. The number of aromatic nitrogens is 1. The van der Waals surface area contributed by atoms with Crippen molar-refractivity contribution in [1.82, 2.24) is 15.6 Å². The van der Waals surface area contributed by atoms with Gasteiger partial charge in [-0.25, -0.2) is 9.69 Å². The van der Waals surface area contributed by atoms with Crippen molar-refractivity contribution in [2.75, 3.05) is 4.90 Å². The molecular formula is C23H22N4O3. The van der Waals surface area contributed by atoms with E-state index in [1.807, 2.05) is 24.3 Å². The standard InChI is InChI=1S/C23H22N4O3/c28-20(13-19-22(29)27(23(30)26-19)14-7-2-1-3-8-14)24-18-12-6-10-16-15-9-4-5-11-17(15)25-21(16)18/h1-5,7-9,11,18-19,25H,6,10,12-13H2,(H,24,28)(H,26,30)/t18-,19+/m1/s1. The van der Waals surface area contributed by atoms with E-state index in [1.54, 1.807) is 24.3 Å². The zero-order valence-corrected chi connectivity index (χ0v) is 16.4. The Morgan fingerprint density at radius 2 is 1.83 bits per heavy atom. The molecule has 3 aromatic rings. The average Bonchev–Trinajstić information content (AvgIpc) is 3.26. The Morgan fingerprint density at radius 1 is 1.07 bits per heavy atom. The van der Waals surface area contributed by atoms with Crippen molar-refractivity contribution < 1.29 is 14.4 Å². The van der Waals surface area contributed by atoms with Gasteiger partial charge in [-0.2, -0.15) is 0 Å². The summed E-state index contributed by atoms with van der Waals surface area (Å²) in [6, 6.07) is 15.4. The van der Waals surface area contributed by atoms with Crippen molar-refractivity contribution in [3.8, 4) is 0 Å². The monoisotopic (exact) mass is 402 g/mol. The van der Waals surface area contributed by atoms with Gasteiger partial charge in [0.05, 0.1) is 18.2 Å². The molecule has 5 rings (SSSR count). The number of hydrogen-bond acceptors (Lipinski definition) is 3. The van der Waals surface area contributed by atoms with Crippen LogP contribution in [0.5, 0.6) is 0 Å². The van der Waals surface area contributed by atoms with Crippen molar-refractivity contribution in [1.29, 1.82) is 0 Å². The molecule has 1 fully saturated rings. The van der Waals surface area contributed by atoms with E-state index in [2.05, 4.69) is 21.7 Å². The molecule has 2 aromatic carbocycles. The first-order chi connectivity index (χ1) is 14.6. The minimum Gasteiger partial charge on any atom is -0.356 e. The number of urea groups is 1. The largest absolute Gasteiger partial charge is 0.356 e. The first kappa shape index (κ1) is 18.4. The van der Waals surface area contributed by atoms with E-state index in [0.717, 1.165) is 35.4 Å². The SMILES string of the molecule is O=C(C[C@@H]1NC(=O)N(c2ccccc2)C1=O)N[C@@H]1CCCc2c1[nH]c1ccccc21. The molecule has 0 radical (unpaired) electrons.